The van der Waals surface area contributed by atoms with E-state index in [-0.39, 0.29) is 11.3 Å². The van der Waals surface area contributed by atoms with E-state index in [2.05, 4.69) is 10.3 Å². The Bertz CT molecular complexity index is 733. The Morgan fingerprint density at radius 2 is 1.83 bits per heavy atom. The van der Waals surface area contributed by atoms with Gasteiger partial charge in [-0.05, 0) is 24.3 Å². The summed E-state index contributed by atoms with van der Waals surface area (Å²) >= 11 is 0. The van der Waals surface area contributed by atoms with Gasteiger partial charge in [-0.2, -0.15) is 0 Å². The van der Waals surface area contributed by atoms with Crippen LogP contribution in [0.25, 0.3) is 0 Å². The second kappa shape index (κ2) is 6.60. The van der Waals surface area contributed by atoms with Gasteiger partial charge in [-0.25, -0.2) is 4.79 Å². The Kier molecular flexibility index (Phi) is 4.79. The summed E-state index contributed by atoms with van der Waals surface area (Å²) in [5.74, 6) is -0.791. The molecule has 120 valence electrons. The van der Waals surface area contributed by atoms with E-state index in [1.165, 1.54) is 7.11 Å². The molecule has 0 atom stereocenters. The van der Waals surface area contributed by atoms with Gasteiger partial charge in [-0.1, -0.05) is 32.9 Å². The van der Waals surface area contributed by atoms with Crippen LogP contribution in [-0.2, 0) is 10.2 Å². The lowest BCUT2D eigenvalue weighted by Crippen LogP contribution is -2.18. The predicted octanol–water partition coefficient (Wildman–Crippen LogP) is 3.42. The Hall–Kier alpha value is -2.69. The van der Waals surface area contributed by atoms with Gasteiger partial charge in [-0.3, -0.25) is 9.78 Å². The smallest absolute Gasteiger partial charge is 0.339 e. The Labute approximate surface area is 135 Å². The number of esters is 1. The van der Waals surface area contributed by atoms with Crippen LogP contribution in [0.3, 0.4) is 0 Å². The number of benzene rings is 1. The van der Waals surface area contributed by atoms with Gasteiger partial charge in [0.05, 0.1) is 18.4 Å². The van der Waals surface area contributed by atoms with Gasteiger partial charge in [-0.15, -0.1) is 0 Å². The second-order valence-corrected chi connectivity index (χ2v) is 6.17. The fraction of sp³-hybridized carbons (Fsp3) is 0.278. The molecular formula is C18H20N2O3. The van der Waals surface area contributed by atoms with Crippen molar-refractivity contribution in [1.82, 2.24) is 4.98 Å². The number of anilines is 1. The van der Waals surface area contributed by atoms with Crippen molar-refractivity contribution >= 4 is 17.6 Å². The summed E-state index contributed by atoms with van der Waals surface area (Å²) in [6.45, 7) is 6.09. The van der Waals surface area contributed by atoms with Gasteiger partial charge in [0.1, 0.15) is 0 Å². The maximum Gasteiger partial charge on any atom is 0.339 e. The van der Waals surface area contributed by atoms with Crippen LogP contribution in [0.5, 0.6) is 0 Å². The molecule has 1 N–H and O–H groups in total. The molecule has 0 saturated carbocycles. The maximum absolute atomic E-state index is 12.5. The largest absolute Gasteiger partial charge is 0.465 e. The highest BCUT2D eigenvalue weighted by molar-refractivity contribution is 6.08. The van der Waals surface area contributed by atoms with E-state index >= 15 is 0 Å². The van der Waals surface area contributed by atoms with Crippen LogP contribution < -0.4 is 5.32 Å². The van der Waals surface area contributed by atoms with Crippen molar-refractivity contribution in [2.45, 2.75) is 26.2 Å². The van der Waals surface area contributed by atoms with E-state index in [9.17, 15) is 9.59 Å². The van der Waals surface area contributed by atoms with Gasteiger partial charge in [0.25, 0.3) is 5.91 Å². The van der Waals surface area contributed by atoms with Crippen LogP contribution in [0.1, 0.15) is 47.2 Å². The first-order chi connectivity index (χ1) is 10.8. The van der Waals surface area contributed by atoms with Gasteiger partial charge >= 0.3 is 5.97 Å². The molecular weight excluding hydrogens is 292 g/mol. The Morgan fingerprint density at radius 1 is 1.13 bits per heavy atom. The minimum Gasteiger partial charge on any atom is -0.465 e. The number of para-hydroxylation sites is 1. The van der Waals surface area contributed by atoms with Crippen LogP contribution in [0.4, 0.5) is 5.69 Å². The number of pyridine rings is 1. The number of hydrogen-bond acceptors (Lipinski definition) is 4. The first kappa shape index (κ1) is 16.7. The normalized spacial score (nSPS) is 11.0. The van der Waals surface area contributed by atoms with Gasteiger partial charge in [0.15, 0.2) is 0 Å². The van der Waals surface area contributed by atoms with Crippen molar-refractivity contribution in [1.29, 1.82) is 0 Å². The number of carbonyl (C=O) groups is 2. The summed E-state index contributed by atoms with van der Waals surface area (Å²) in [7, 11) is 1.30. The van der Waals surface area contributed by atoms with Crippen molar-refractivity contribution in [2.24, 2.45) is 0 Å². The lowest BCUT2D eigenvalue weighted by molar-refractivity contribution is 0.0602. The fourth-order valence-electron chi connectivity index (χ4n) is 2.06. The summed E-state index contributed by atoms with van der Waals surface area (Å²) in [5.41, 5.74) is 1.89. The molecule has 1 heterocycles. The molecule has 0 bridgehead atoms. The summed E-state index contributed by atoms with van der Waals surface area (Å²) < 4.78 is 4.73. The molecule has 23 heavy (non-hydrogen) atoms. The van der Waals surface area contributed by atoms with Crippen LogP contribution in [0.2, 0.25) is 0 Å². The lowest BCUT2D eigenvalue weighted by Gasteiger charge is -2.18. The molecule has 0 aliphatic rings. The lowest BCUT2D eigenvalue weighted by atomic mass is 9.91. The molecule has 5 nitrogen and oxygen atoms in total. The average molecular weight is 312 g/mol. The summed E-state index contributed by atoms with van der Waals surface area (Å²) in [5, 5.41) is 2.75. The zero-order valence-electron chi connectivity index (χ0n) is 13.7. The molecule has 1 aromatic carbocycles. The van der Waals surface area contributed by atoms with Crippen molar-refractivity contribution < 1.29 is 14.3 Å². The van der Waals surface area contributed by atoms with E-state index in [0.29, 0.717) is 16.8 Å². The van der Waals surface area contributed by atoms with E-state index < -0.39 is 5.97 Å². The molecule has 1 aromatic heterocycles. The molecule has 5 heteroatoms. The maximum atomic E-state index is 12.5. The molecule has 2 rings (SSSR count). The molecule has 2 aromatic rings. The third-order valence-corrected chi connectivity index (χ3v) is 3.37. The number of nitrogens with one attached hydrogen (secondary N) is 1. The third kappa shape index (κ3) is 3.94. The third-order valence-electron chi connectivity index (χ3n) is 3.37. The number of hydrogen-bond donors (Lipinski definition) is 1. The molecule has 1 amide bonds. The van der Waals surface area contributed by atoms with Crippen LogP contribution >= 0.6 is 0 Å². The number of carbonyl (C=O) groups excluding carboxylic acids is 2. The number of rotatable bonds is 3. The molecule has 0 saturated heterocycles. The zero-order valence-corrected chi connectivity index (χ0v) is 13.7. The van der Waals surface area contributed by atoms with E-state index in [4.69, 9.17) is 4.74 Å². The molecule has 0 aliphatic heterocycles. The minimum absolute atomic E-state index is 0.153. The highest BCUT2D eigenvalue weighted by Crippen LogP contribution is 2.22. The molecule has 0 fully saturated rings. The second-order valence-electron chi connectivity index (χ2n) is 6.17. The first-order valence-corrected chi connectivity index (χ1v) is 7.28. The highest BCUT2D eigenvalue weighted by Gasteiger charge is 2.18. The summed E-state index contributed by atoms with van der Waals surface area (Å²) in [6, 6.07) is 10.1. The Balaban J connectivity index is 2.29. The van der Waals surface area contributed by atoms with Gasteiger partial charge in [0, 0.05) is 22.9 Å². The first-order valence-electron chi connectivity index (χ1n) is 7.28. The molecule has 0 aliphatic carbocycles. The van der Waals surface area contributed by atoms with E-state index in [0.717, 1.165) is 5.69 Å². The molecule has 0 radical (unpaired) electrons. The molecule has 0 unspecified atom stereocenters. The van der Waals surface area contributed by atoms with Gasteiger partial charge < -0.3 is 10.1 Å². The Morgan fingerprint density at radius 3 is 2.48 bits per heavy atom. The van der Waals surface area contributed by atoms with Crippen molar-refractivity contribution in [3.63, 3.8) is 0 Å². The topological polar surface area (TPSA) is 68.3 Å². The highest BCUT2D eigenvalue weighted by atomic mass is 16.5. The SMILES string of the molecule is COC(=O)c1ccccc1NC(=O)c1ccnc(C(C)(C)C)c1. The number of amides is 1. The van der Waals surface area contributed by atoms with E-state index in [1.54, 1.807) is 42.6 Å². The van der Waals surface area contributed by atoms with Gasteiger partial charge in [0.2, 0.25) is 0 Å². The molecule has 0 spiro atoms. The fourth-order valence-corrected chi connectivity index (χ4v) is 2.06. The van der Waals surface area contributed by atoms with Crippen molar-refractivity contribution in [2.75, 3.05) is 12.4 Å². The van der Waals surface area contributed by atoms with Crippen LogP contribution in [0, 0.1) is 0 Å². The van der Waals surface area contributed by atoms with Crippen LogP contribution in [-0.4, -0.2) is 24.0 Å². The van der Waals surface area contributed by atoms with Crippen molar-refractivity contribution in [3.05, 3.63) is 59.4 Å². The number of nitrogens with zero attached hydrogens (tertiary/aromatic N) is 1. The zero-order chi connectivity index (χ0) is 17.0. The van der Waals surface area contributed by atoms with Crippen molar-refractivity contribution in [3.8, 4) is 0 Å². The number of ether oxygens (including phenoxy) is 1. The minimum atomic E-state index is -0.494. The number of methoxy groups -OCH3 is 1. The predicted molar refractivity (Wildman–Crippen MR) is 88.7 cm³/mol. The summed E-state index contributed by atoms with van der Waals surface area (Å²) in [6.07, 6.45) is 1.61. The van der Waals surface area contributed by atoms with E-state index in [1.807, 2.05) is 20.8 Å². The monoisotopic (exact) mass is 312 g/mol. The van der Waals surface area contributed by atoms with Crippen LogP contribution in [0.15, 0.2) is 42.6 Å². The number of aromatic nitrogens is 1. The standard InChI is InChI=1S/C18H20N2O3/c1-18(2,3)15-11-12(9-10-19-15)16(21)20-14-8-6-5-7-13(14)17(22)23-4/h5-11H,1-4H3,(H,20,21). The average Bonchev–Trinajstić information content (AvgIpc) is 2.54. The summed E-state index contributed by atoms with van der Waals surface area (Å²) in [4.78, 5) is 28.5. The quantitative estimate of drug-likeness (QED) is 0.882.